The molecule has 0 aromatic heterocycles. The minimum absolute atomic E-state index is 0.238. The summed E-state index contributed by atoms with van der Waals surface area (Å²) in [6.45, 7) is 5.14. The summed E-state index contributed by atoms with van der Waals surface area (Å²) in [6, 6.07) is 0. The van der Waals surface area contributed by atoms with Crippen molar-refractivity contribution in [2.75, 3.05) is 18.9 Å². The van der Waals surface area contributed by atoms with Crippen LogP contribution >= 0.6 is 0 Å². The van der Waals surface area contributed by atoms with Crippen molar-refractivity contribution in [2.45, 2.75) is 6.92 Å². The zero-order valence-electron chi connectivity index (χ0n) is 6.50. The zero-order valence-corrected chi connectivity index (χ0v) is 7.32. The third-order valence-corrected chi connectivity index (χ3v) is 2.26. The summed E-state index contributed by atoms with van der Waals surface area (Å²) in [5.41, 5.74) is 0.742. The lowest BCUT2D eigenvalue weighted by molar-refractivity contribution is 0.319. The van der Waals surface area contributed by atoms with Gasteiger partial charge in [-0.1, -0.05) is 12.2 Å². The average Bonchev–Trinajstić information content (AvgIpc) is 1.84. The molecule has 0 heterocycles. The van der Waals surface area contributed by atoms with Crippen molar-refractivity contribution >= 4 is 10.0 Å². The van der Waals surface area contributed by atoms with E-state index in [1.165, 1.54) is 0 Å². The molecule has 66 valence electrons. The van der Waals surface area contributed by atoms with E-state index >= 15 is 0 Å². The lowest BCUT2D eigenvalue weighted by Gasteiger charge is -2.03. The van der Waals surface area contributed by atoms with Crippen LogP contribution in [-0.2, 0) is 10.0 Å². The molecule has 0 bridgehead atoms. The van der Waals surface area contributed by atoms with Crippen molar-refractivity contribution in [3.63, 3.8) is 0 Å². The van der Waals surface area contributed by atoms with E-state index < -0.39 is 10.0 Å². The van der Waals surface area contributed by atoms with Crippen molar-refractivity contribution in [3.05, 3.63) is 12.2 Å². The lowest BCUT2D eigenvalue weighted by atomic mass is 10.4. The Morgan fingerprint density at radius 1 is 1.64 bits per heavy atom. The minimum atomic E-state index is -3.29. The maximum atomic E-state index is 10.8. The van der Waals surface area contributed by atoms with Crippen molar-refractivity contribution in [3.8, 4) is 0 Å². The Hall–Kier alpha value is -0.390. The van der Waals surface area contributed by atoms with Gasteiger partial charge in [-0.3, -0.25) is 0 Å². The van der Waals surface area contributed by atoms with Crippen LogP contribution in [0.4, 0.5) is 0 Å². The molecule has 0 spiro atoms. The van der Waals surface area contributed by atoms with E-state index in [2.05, 4.69) is 11.3 Å². The van der Waals surface area contributed by atoms with Gasteiger partial charge in [0, 0.05) is 6.54 Å². The molecule has 2 N–H and O–H groups in total. The fourth-order valence-corrected chi connectivity index (χ4v) is 1.28. The molecule has 0 aliphatic heterocycles. The third kappa shape index (κ3) is 6.03. The summed E-state index contributed by atoms with van der Waals surface area (Å²) in [6.07, 6.45) is 0. The lowest BCUT2D eigenvalue weighted by Crippen LogP contribution is -2.28. The summed E-state index contributed by atoms with van der Waals surface area (Å²) >= 11 is 0. The highest BCUT2D eigenvalue weighted by Gasteiger charge is 2.06. The quantitative estimate of drug-likeness (QED) is 0.558. The second kappa shape index (κ2) is 4.48. The van der Waals surface area contributed by atoms with E-state index in [1.807, 2.05) is 0 Å². The molecule has 0 saturated carbocycles. The van der Waals surface area contributed by atoms with Crippen LogP contribution in [0.3, 0.4) is 0 Å². The van der Waals surface area contributed by atoms with Gasteiger partial charge >= 0.3 is 0 Å². The molecule has 11 heavy (non-hydrogen) atoms. The Balaban J connectivity index is 3.84. The van der Waals surface area contributed by atoms with E-state index in [0.717, 1.165) is 5.57 Å². The van der Waals surface area contributed by atoms with E-state index in [4.69, 9.17) is 5.11 Å². The molecule has 0 rings (SSSR count). The van der Waals surface area contributed by atoms with Gasteiger partial charge in [0.25, 0.3) is 0 Å². The number of aliphatic hydroxyl groups excluding tert-OH is 1. The van der Waals surface area contributed by atoms with Gasteiger partial charge in [-0.05, 0) is 6.92 Å². The first kappa shape index (κ1) is 10.6. The molecule has 0 aliphatic carbocycles. The van der Waals surface area contributed by atoms with Crippen LogP contribution in [0.2, 0.25) is 0 Å². The second-order valence-electron chi connectivity index (χ2n) is 2.32. The minimum Gasteiger partial charge on any atom is -0.395 e. The molecule has 5 heteroatoms. The number of rotatable bonds is 5. The number of hydrogen-bond acceptors (Lipinski definition) is 3. The van der Waals surface area contributed by atoms with Crippen LogP contribution in [0.15, 0.2) is 12.2 Å². The van der Waals surface area contributed by atoms with E-state index in [9.17, 15) is 8.42 Å². The topological polar surface area (TPSA) is 66.4 Å². The molecule has 0 saturated heterocycles. The van der Waals surface area contributed by atoms with Gasteiger partial charge in [-0.15, -0.1) is 0 Å². The Bertz CT molecular complexity index is 220. The predicted molar refractivity (Wildman–Crippen MR) is 43.7 cm³/mol. The van der Waals surface area contributed by atoms with Crippen LogP contribution in [0.5, 0.6) is 0 Å². The first-order chi connectivity index (χ1) is 4.98. The zero-order chi connectivity index (χ0) is 8.91. The first-order valence-electron chi connectivity index (χ1n) is 3.20. The number of sulfonamides is 1. The van der Waals surface area contributed by atoms with E-state index in [1.54, 1.807) is 6.92 Å². The highest BCUT2D eigenvalue weighted by Crippen LogP contribution is 1.87. The predicted octanol–water partition coefficient (Wildman–Crippen LogP) is -0.526. The first-order valence-corrected chi connectivity index (χ1v) is 4.86. The van der Waals surface area contributed by atoms with Gasteiger partial charge in [-0.25, -0.2) is 13.1 Å². The van der Waals surface area contributed by atoms with Gasteiger partial charge in [0.15, 0.2) is 0 Å². The van der Waals surface area contributed by atoms with Gasteiger partial charge in [0.2, 0.25) is 10.0 Å². The van der Waals surface area contributed by atoms with Crippen LogP contribution in [0.1, 0.15) is 6.92 Å². The molecular weight excluding hydrogens is 166 g/mol. The van der Waals surface area contributed by atoms with Gasteiger partial charge < -0.3 is 5.11 Å². The molecule has 0 radical (unpaired) electrons. The van der Waals surface area contributed by atoms with Gasteiger partial charge in [0.05, 0.1) is 12.4 Å². The Morgan fingerprint density at radius 3 is 2.55 bits per heavy atom. The largest absolute Gasteiger partial charge is 0.395 e. The smallest absolute Gasteiger partial charge is 0.214 e. The molecule has 0 unspecified atom stereocenters. The summed E-state index contributed by atoms with van der Waals surface area (Å²) < 4.78 is 23.9. The second-order valence-corrected chi connectivity index (χ2v) is 4.25. The van der Waals surface area contributed by atoms with Crippen molar-refractivity contribution in [1.29, 1.82) is 0 Å². The summed E-state index contributed by atoms with van der Waals surface area (Å²) in [4.78, 5) is 0. The maximum Gasteiger partial charge on any atom is 0.214 e. The van der Waals surface area contributed by atoms with Crippen LogP contribution in [0.25, 0.3) is 0 Å². The Labute approximate surface area is 67.0 Å². The molecule has 0 aromatic rings. The maximum absolute atomic E-state index is 10.8. The fourth-order valence-electron chi connectivity index (χ4n) is 0.426. The van der Waals surface area contributed by atoms with E-state index in [-0.39, 0.29) is 18.9 Å². The van der Waals surface area contributed by atoms with Gasteiger partial charge in [-0.2, -0.15) is 0 Å². The van der Waals surface area contributed by atoms with Crippen molar-refractivity contribution in [2.24, 2.45) is 0 Å². The highest BCUT2D eigenvalue weighted by atomic mass is 32.2. The van der Waals surface area contributed by atoms with Gasteiger partial charge in [0.1, 0.15) is 0 Å². The van der Waals surface area contributed by atoms with Crippen molar-refractivity contribution in [1.82, 2.24) is 4.72 Å². The molecule has 0 aliphatic rings. The number of nitrogens with one attached hydrogen (secondary N) is 1. The normalized spacial score (nSPS) is 11.5. The molecule has 0 fully saturated rings. The molecule has 0 amide bonds. The number of hydrogen-bond donors (Lipinski definition) is 2. The molecule has 0 atom stereocenters. The van der Waals surface area contributed by atoms with Crippen LogP contribution < -0.4 is 4.72 Å². The average molecular weight is 179 g/mol. The molecule has 0 aromatic carbocycles. The van der Waals surface area contributed by atoms with Crippen LogP contribution in [-0.4, -0.2) is 32.4 Å². The fraction of sp³-hybridized carbons (Fsp3) is 0.667. The summed E-state index contributed by atoms with van der Waals surface area (Å²) in [5.74, 6) is -0.250. The standard InChI is InChI=1S/C6H13NO3S/c1-6(2)5-7-11(9,10)4-3-8/h7-8H,1,3-5H2,2H3. The summed E-state index contributed by atoms with van der Waals surface area (Å²) in [7, 11) is -3.29. The highest BCUT2D eigenvalue weighted by molar-refractivity contribution is 7.89. The Morgan fingerprint density at radius 2 is 2.18 bits per heavy atom. The number of aliphatic hydroxyl groups is 1. The monoisotopic (exact) mass is 179 g/mol. The SMILES string of the molecule is C=C(C)CNS(=O)(=O)CCO. The molecular formula is C6H13NO3S. The summed E-state index contributed by atoms with van der Waals surface area (Å²) in [5, 5.41) is 8.33. The van der Waals surface area contributed by atoms with Crippen LogP contribution in [0, 0.1) is 0 Å². The Kier molecular flexibility index (Phi) is 4.32. The molecule has 4 nitrogen and oxygen atoms in total. The van der Waals surface area contributed by atoms with Crippen molar-refractivity contribution < 1.29 is 13.5 Å². The van der Waals surface area contributed by atoms with E-state index in [0.29, 0.717) is 0 Å². The third-order valence-electron chi connectivity index (χ3n) is 0.954.